The number of rotatable bonds is 5. The Morgan fingerprint density at radius 1 is 1.38 bits per heavy atom. The van der Waals surface area contributed by atoms with Crippen LogP contribution in [0, 0.1) is 0 Å². The number of aryl methyl sites for hydroxylation is 1. The van der Waals surface area contributed by atoms with Crippen LogP contribution in [0.25, 0.3) is 0 Å². The second-order valence-corrected chi connectivity index (χ2v) is 4.67. The largest absolute Gasteiger partial charge is 0.310 e. The summed E-state index contributed by atoms with van der Waals surface area (Å²) in [6.07, 6.45) is 6.38. The van der Waals surface area contributed by atoms with Crippen LogP contribution in [0.1, 0.15) is 56.6 Å². The second-order valence-electron chi connectivity index (χ2n) is 4.67. The minimum atomic E-state index is 0.617. The molecule has 1 saturated carbocycles. The molecule has 2 rings (SSSR count). The van der Waals surface area contributed by atoms with Gasteiger partial charge in [0.05, 0.1) is 6.54 Å². The van der Waals surface area contributed by atoms with Crippen LogP contribution >= 0.6 is 0 Å². The topological polar surface area (TPSA) is 42.7 Å². The molecule has 0 bridgehead atoms. The first-order valence-electron chi connectivity index (χ1n) is 6.41. The highest BCUT2D eigenvalue weighted by Gasteiger charge is 2.21. The molecule has 1 aliphatic rings. The van der Waals surface area contributed by atoms with Gasteiger partial charge in [0.15, 0.2) is 5.82 Å². The fraction of sp³-hybridized carbons (Fsp3) is 0.833. The molecule has 1 heterocycles. The van der Waals surface area contributed by atoms with Crippen molar-refractivity contribution in [2.24, 2.45) is 7.05 Å². The molecule has 1 aliphatic carbocycles. The lowest BCUT2D eigenvalue weighted by Crippen LogP contribution is -2.17. The molecule has 0 atom stereocenters. The van der Waals surface area contributed by atoms with Crippen LogP contribution in [0.5, 0.6) is 0 Å². The lowest BCUT2D eigenvalue weighted by Gasteiger charge is -2.01. The zero-order valence-corrected chi connectivity index (χ0v) is 10.4. The molecule has 0 unspecified atom stereocenters. The zero-order chi connectivity index (χ0) is 11.4. The van der Waals surface area contributed by atoms with E-state index < -0.39 is 0 Å². The Morgan fingerprint density at radius 2 is 2.12 bits per heavy atom. The predicted molar refractivity (Wildman–Crippen MR) is 64.2 cm³/mol. The van der Waals surface area contributed by atoms with Gasteiger partial charge in [0.2, 0.25) is 0 Å². The van der Waals surface area contributed by atoms with Crippen molar-refractivity contribution in [1.82, 2.24) is 20.1 Å². The van der Waals surface area contributed by atoms with Gasteiger partial charge in [-0.25, -0.2) is 4.98 Å². The maximum absolute atomic E-state index is 4.65. The first-order chi connectivity index (χ1) is 7.81. The van der Waals surface area contributed by atoms with E-state index in [4.69, 9.17) is 0 Å². The van der Waals surface area contributed by atoms with E-state index in [9.17, 15) is 0 Å². The van der Waals surface area contributed by atoms with Gasteiger partial charge in [-0.05, 0) is 25.8 Å². The fourth-order valence-electron chi connectivity index (χ4n) is 2.33. The molecule has 0 aromatic carbocycles. The zero-order valence-electron chi connectivity index (χ0n) is 10.4. The lowest BCUT2D eigenvalue weighted by atomic mass is 10.1. The van der Waals surface area contributed by atoms with E-state index >= 15 is 0 Å². The van der Waals surface area contributed by atoms with E-state index in [0.717, 1.165) is 31.2 Å². The van der Waals surface area contributed by atoms with Gasteiger partial charge < -0.3 is 5.32 Å². The van der Waals surface area contributed by atoms with E-state index in [-0.39, 0.29) is 0 Å². The molecular weight excluding hydrogens is 200 g/mol. The van der Waals surface area contributed by atoms with Crippen LogP contribution in [-0.4, -0.2) is 21.3 Å². The highest BCUT2D eigenvalue weighted by Crippen LogP contribution is 2.32. The van der Waals surface area contributed by atoms with Crippen LogP contribution in [0.15, 0.2) is 0 Å². The normalized spacial score (nSPS) is 17.1. The number of hydrogen-bond donors (Lipinski definition) is 1. The molecule has 4 heteroatoms. The first kappa shape index (κ1) is 11.6. The average Bonchev–Trinajstić information content (AvgIpc) is 2.88. The third kappa shape index (κ3) is 2.61. The molecular formula is C12H22N4. The summed E-state index contributed by atoms with van der Waals surface area (Å²) in [6.45, 7) is 4.06. The van der Waals surface area contributed by atoms with E-state index in [0.29, 0.717) is 5.92 Å². The van der Waals surface area contributed by atoms with Crippen molar-refractivity contribution in [3.63, 3.8) is 0 Å². The Balaban J connectivity index is 1.97. The quantitative estimate of drug-likeness (QED) is 0.775. The summed E-state index contributed by atoms with van der Waals surface area (Å²) >= 11 is 0. The van der Waals surface area contributed by atoms with Crippen molar-refractivity contribution in [1.29, 1.82) is 0 Å². The number of nitrogens with one attached hydrogen (secondary N) is 1. The molecule has 0 saturated heterocycles. The maximum atomic E-state index is 4.65. The van der Waals surface area contributed by atoms with Crippen LogP contribution in [0.3, 0.4) is 0 Å². The van der Waals surface area contributed by atoms with Crippen molar-refractivity contribution in [2.75, 3.05) is 6.54 Å². The SMILES string of the molecule is CCCNCc1nc(C2CCCC2)nn1C. The van der Waals surface area contributed by atoms with Crippen molar-refractivity contribution in [3.8, 4) is 0 Å². The van der Waals surface area contributed by atoms with Crippen molar-refractivity contribution < 1.29 is 0 Å². The summed E-state index contributed by atoms with van der Waals surface area (Å²) in [5.74, 6) is 2.75. The van der Waals surface area contributed by atoms with Crippen LogP contribution in [-0.2, 0) is 13.6 Å². The molecule has 1 N–H and O–H groups in total. The second kappa shape index (κ2) is 5.43. The molecule has 16 heavy (non-hydrogen) atoms. The Kier molecular flexibility index (Phi) is 3.93. The van der Waals surface area contributed by atoms with Gasteiger partial charge in [-0.3, -0.25) is 4.68 Å². The predicted octanol–water partition coefficient (Wildman–Crippen LogP) is 1.97. The van der Waals surface area contributed by atoms with Gasteiger partial charge in [0.25, 0.3) is 0 Å². The summed E-state index contributed by atoms with van der Waals surface area (Å²) < 4.78 is 1.93. The molecule has 0 radical (unpaired) electrons. The Labute approximate surface area is 97.5 Å². The molecule has 0 amide bonds. The number of aromatic nitrogens is 3. The summed E-state index contributed by atoms with van der Waals surface area (Å²) in [7, 11) is 1.99. The van der Waals surface area contributed by atoms with E-state index in [2.05, 4.69) is 22.3 Å². The highest BCUT2D eigenvalue weighted by atomic mass is 15.3. The minimum Gasteiger partial charge on any atom is -0.310 e. The van der Waals surface area contributed by atoms with Crippen molar-refractivity contribution in [2.45, 2.75) is 51.5 Å². The van der Waals surface area contributed by atoms with E-state index in [1.165, 1.54) is 25.7 Å². The van der Waals surface area contributed by atoms with Crippen molar-refractivity contribution >= 4 is 0 Å². The first-order valence-corrected chi connectivity index (χ1v) is 6.41. The van der Waals surface area contributed by atoms with E-state index in [1.54, 1.807) is 0 Å². The summed E-state index contributed by atoms with van der Waals surface area (Å²) in [5.41, 5.74) is 0. The molecule has 1 aromatic heterocycles. The highest BCUT2D eigenvalue weighted by molar-refractivity contribution is 5.01. The molecule has 1 aromatic rings. The minimum absolute atomic E-state index is 0.617. The van der Waals surface area contributed by atoms with Crippen LogP contribution in [0.4, 0.5) is 0 Å². The van der Waals surface area contributed by atoms with Crippen LogP contribution in [0.2, 0.25) is 0 Å². The van der Waals surface area contributed by atoms with Gasteiger partial charge >= 0.3 is 0 Å². The monoisotopic (exact) mass is 222 g/mol. The summed E-state index contributed by atoms with van der Waals surface area (Å²) in [6, 6.07) is 0. The molecule has 4 nitrogen and oxygen atoms in total. The molecule has 1 fully saturated rings. The molecule has 0 spiro atoms. The van der Waals surface area contributed by atoms with Crippen LogP contribution < -0.4 is 5.32 Å². The van der Waals surface area contributed by atoms with Gasteiger partial charge in [-0.2, -0.15) is 5.10 Å². The van der Waals surface area contributed by atoms with E-state index in [1.807, 2.05) is 11.7 Å². The Bertz CT molecular complexity index is 326. The average molecular weight is 222 g/mol. The third-order valence-corrected chi connectivity index (χ3v) is 3.30. The number of nitrogens with zero attached hydrogens (tertiary/aromatic N) is 3. The lowest BCUT2D eigenvalue weighted by molar-refractivity contribution is 0.605. The van der Waals surface area contributed by atoms with Gasteiger partial charge in [-0.15, -0.1) is 0 Å². The number of hydrogen-bond acceptors (Lipinski definition) is 3. The van der Waals surface area contributed by atoms with Crippen molar-refractivity contribution in [3.05, 3.63) is 11.6 Å². The summed E-state index contributed by atoms with van der Waals surface area (Å²) in [5, 5.41) is 7.91. The Hall–Kier alpha value is -0.900. The van der Waals surface area contributed by atoms with Gasteiger partial charge in [-0.1, -0.05) is 19.8 Å². The smallest absolute Gasteiger partial charge is 0.154 e. The third-order valence-electron chi connectivity index (χ3n) is 3.30. The standard InChI is InChI=1S/C12H22N4/c1-3-8-13-9-11-14-12(15-16(11)2)10-6-4-5-7-10/h10,13H,3-9H2,1-2H3. The molecule has 90 valence electrons. The molecule has 0 aliphatic heterocycles. The fourth-order valence-corrected chi connectivity index (χ4v) is 2.33. The summed E-state index contributed by atoms with van der Waals surface area (Å²) in [4.78, 5) is 4.65. The maximum Gasteiger partial charge on any atom is 0.154 e. The Morgan fingerprint density at radius 3 is 2.81 bits per heavy atom. The van der Waals surface area contributed by atoms with Gasteiger partial charge in [0.1, 0.15) is 5.82 Å². The van der Waals surface area contributed by atoms with Gasteiger partial charge in [0, 0.05) is 13.0 Å².